The molecule has 1 aliphatic rings. The second-order valence-corrected chi connectivity index (χ2v) is 5.42. The van der Waals surface area contributed by atoms with Gasteiger partial charge in [-0.2, -0.15) is 4.98 Å². The van der Waals surface area contributed by atoms with Gasteiger partial charge in [-0.1, -0.05) is 37.2 Å². The highest BCUT2D eigenvalue weighted by Crippen LogP contribution is 2.30. The third-order valence-corrected chi connectivity index (χ3v) is 3.26. The van der Waals surface area contributed by atoms with Crippen LogP contribution in [0.2, 0.25) is 0 Å². The Morgan fingerprint density at radius 2 is 2.20 bits per heavy atom. The van der Waals surface area contributed by atoms with Gasteiger partial charge in [0.2, 0.25) is 5.89 Å². The number of fused-ring (bicyclic) bond motifs is 1. The Morgan fingerprint density at radius 1 is 1.35 bits per heavy atom. The molecular formula is C15H19N3O2. The van der Waals surface area contributed by atoms with Crippen LogP contribution in [0.15, 0.2) is 28.8 Å². The van der Waals surface area contributed by atoms with Crippen molar-refractivity contribution in [1.29, 1.82) is 0 Å². The molecule has 1 unspecified atom stereocenters. The summed E-state index contributed by atoms with van der Waals surface area (Å²) in [6.07, 6.45) is 0.828. The van der Waals surface area contributed by atoms with Crippen LogP contribution in [0.5, 0.6) is 5.75 Å². The zero-order valence-corrected chi connectivity index (χ0v) is 11.8. The minimum Gasteiger partial charge on any atom is -0.492 e. The van der Waals surface area contributed by atoms with E-state index in [0.29, 0.717) is 18.4 Å². The first kappa shape index (κ1) is 13.1. The molecule has 20 heavy (non-hydrogen) atoms. The molecule has 0 aliphatic carbocycles. The smallest absolute Gasteiger partial charge is 0.248 e. The Bertz CT molecular complexity index is 580. The fourth-order valence-electron chi connectivity index (χ4n) is 2.38. The Kier molecular flexibility index (Phi) is 3.69. The average Bonchev–Trinajstić information content (AvgIpc) is 2.76. The van der Waals surface area contributed by atoms with E-state index >= 15 is 0 Å². The molecule has 106 valence electrons. The number of para-hydroxylation sites is 1. The topological polar surface area (TPSA) is 60.2 Å². The van der Waals surface area contributed by atoms with Crippen LogP contribution in [-0.2, 0) is 6.42 Å². The monoisotopic (exact) mass is 273 g/mol. The van der Waals surface area contributed by atoms with Crippen molar-refractivity contribution in [2.24, 2.45) is 5.92 Å². The Balaban J connectivity index is 1.91. The third kappa shape index (κ3) is 2.67. The maximum absolute atomic E-state index is 5.72. The van der Waals surface area contributed by atoms with Gasteiger partial charge < -0.3 is 9.26 Å². The van der Waals surface area contributed by atoms with Gasteiger partial charge in [0.05, 0.1) is 0 Å². The third-order valence-electron chi connectivity index (χ3n) is 3.26. The zero-order valence-electron chi connectivity index (χ0n) is 11.8. The summed E-state index contributed by atoms with van der Waals surface area (Å²) >= 11 is 0. The van der Waals surface area contributed by atoms with Crippen LogP contribution in [0, 0.1) is 5.92 Å². The first-order valence-electron chi connectivity index (χ1n) is 7.01. The summed E-state index contributed by atoms with van der Waals surface area (Å²) in [6.45, 7) is 5.67. The molecule has 0 fully saturated rings. The van der Waals surface area contributed by atoms with Crippen LogP contribution < -0.4 is 10.1 Å². The van der Waals surface area contributed by atoms with Crippen LogP contribution in [-0.4, -0.2) is 23.3 Å². The summed E-state index contributed by atoms with van der Waals surface area (Å²) in [4.78, 5) is 4.52. The van der Waals surface area contributed by atoms with Crippen molar-refractivity contribution in [3.8, 4) is 5.75 Å². The van der Waals surface area contributed by atoms with Crippen molar-refractivity contribution in [3.63, 3.8) is 0 Å². The molecule has 1 aromatic heterocycles. The highest BCUT2D eigenvalue weighted by atomic mass is 16.5. The highest BCUT2D eigenvalue weighted by molar-refractivity contribution is 5.39. The summed E-state index contributed by atoms with van der Waals surface area (Å²) in [5.41, 5.74) is 1.05. The number of ether oxygens (including phenoxy) is 1. The highest BCUT2D eigenvalue weighted by Gasteiger charge is 2.25. The van der Waals surface area contributed by atoms with Gasteiger partial charge in [0.25, 0.3) is 0 Å². The molecule has 0 radical (unpaired) electrons. The first-order valence-corrected chi connectivity index (χ1v) is 7.01. The van der Waals surface area contributed by atoms with E-state index in [0.717, 1.165) is 30.1 Å². The van der Waals surface area contributed by atoms with Crippen LogP contribution >= 0.6 is 0 Å². The zero-order chi connectivity index (χ0) is 13.9. The van der Waals surface area contributed by atoms with Gasteiger partial charge >= 0.3 is 0 Å². The standard InChI is InChI=1S/C15H19N3O2/c1-10(2)9-13-17-15(20-18-13)14-11-5-3-4-6-12(11)19-8-7-16-14/h3-6,10,14,16H,7-9H2,1-2H3. The SMILES string of the molecule is CC(C)Cc1noc(C2NCCOc3ccccc32)n1. The molecule has 1 aromatic carbocycles. The molecule has 0 bridgehead atoms. The molecule has 2 heterocycles. The second-order valence-electron chi connectivity index (χ2n) is 5.42. The van der Waals surface area contributed by atoms with Crippen LogP contribution in [0.25, 0.3) is 0 Å². The number of nitrogens with one attached hydrogen (secondary N) is 1. The number of nitrogens with zero attached hydrogens (tertiary/aromatic N) is 2. The van der Waals surface area contributed by atoms with Crippen molar-refractivity contribution < 1.29 is 9.26 Å². The minimum absolute atomic E-state index is 0.0953. The lowest BCUT2D eigenvalue weighted by Crippen LogP contribution is -2.24. The van der Waals surface area contributed by atoms with E-state index in [-0.39, 0.29) is 6.04 Å². The van der Waals surface area contributed by atoms with Crippen molar-refractivity contribution in [1.82, 2.24) is 15.5 Å². The lowest BCUT2D eigenvalue weighted by atomic mass is 10.1. The van der Waals surface area contributed by atoms with Crippen molar-refractivity contribution in [2.75, 3.05) is 13.2 Å². The largest absolute Gasteiger partial charge is 0.492 e. The maximum atomic E-state index is 5.72. The summed E-state index contributed by atoms with van der Waals surface area (Å²) in [5, 5.41) is 7.47. The summed E-state index contributed by atoms with van der Waals surface area (Å²) in [7, 11) is 0. The van der Waals surface area contributed by atoms with E-state index in [1.165, 1.54) is 0 Å². The quantitative estimate of drug-likeness (QED) is 0.930. The molecule has 0 saturated carbocycles. The molecule has 0 saturated heterocycles. The van der Waals surface area contributed by atoms with Crippen molar-refractivity contribution >= 4 is 0 Å². The van der Waals surface area contributed by atoms with Crippen molar-refractivity contribution in [2.45, 2.75) is 26.3 Å². The van der Waals surface area contributed by atoms with Gasteiger partial charge in [-0.25, -0.2) is 0 Å². The fourth-order valence-corrected chi connectivity index (χ4v) is 2.38. The Labute approximate surface area is 118 Å². The number of benzene rings is 1. The van der Waals surface area contributed by atoms with Crippen molar-refractivity contribution in [3.05, 3.63) is 41.5 Å². The molecule has 2 aromatic rings. The molecule has 0 spiro atoms. The molecule has 1 aliphatic heterocycles. The number of hydrogen-bond donors (Lipinski definition) is 1. The normalized spacial score (nSPS) is 18.4. The first-order chi connectivity index (χ1) is 9.74. The predicted octanol–water partition coefficient (Wildman–Crippen LogP) is 2.34. The van der Waals surface area contributed by atoms with Crippen LogP contribution in [0.3, 0.4) is 0 Å². The maximum Gasteiger partial charge on any atom is 0.248 e. The predicted molar refractivity (Wildman–Crippen MR) is 74.6 cm³/mol. The van der Waals surface area contributed by atoms with E-state index in [2.05, 4.69) is 29.3 Å². The van der Waals surface area contributed by atoms with Gasteiger partial charge in [-0.05, 0) is 12.0 Å². The lowest BCUT2D eigenvalue weighted by molar-refractivity contribution is 0.319. The van der Waals surface area contributed by atoms with Crippen LogP contribution in [0.1, 0.15) is 37.2 Å². The minimum atomic E-state index is -0.0953. The molecule has 1 atom stereocenters. The van der Waals surface area contributed by atoms with E-state index in [9.17, 15) is 0 Å². The van der Waals surface area contributed by atoms with Gasteiger partial charge in [0.15, 0.2) is 5.82 Å². The molecule has 5 heteroatoms. The van der Waals surface area contributed by atoms with E-state index in [4.69, 9.17) is 9.26 Å². The van der Waals surface area contributed by atoms with Crippen LogP contribution in [0.4, 0.5) is 0 Å². The summed E-state index contributed by atoms with van der Waals surface area (Å²) in [6, 6.07) is 7.88. The summed E-state index contributed by atoms with van der Waals surface area (Å²) < 4.78 is 11.2. The summed E-state index contributed by atoms with van der Waals surface area (Å²) in [5.74, 6) is 2.77. The van der Waals surface area contributed by atoms with Gasteiger partial charge in [-0.3, -0.25) is 5.32 Å². The molecule has 3 rings (SSSR count). The van der Waals surface area contributed by atoms with Gasteiger partial charge in [-0.15, -0.1) is 0 Å². The number of aromatic nitrogens is 2. The molecule has 0 amide bonds. The number of hydrogen-bond acceptors (Lipinski definition) is 5. The Hall–Kier alpha value is -1.88. The molecular weight excluding hydrogens is 254 g/mol. The Morgan fingerprint density at radius 3 is 3.05 bits per heavy atom. The van der Waals surface area contributed by atoms with E-state index in [1.54, 1.807) is 0 Å². The fraction of sp³-hybridized carbons (Fsp3) is 0.467. The average molecular weight is 273 g/mol. The van der Waals surface area contributed by atoms with E-state index in [1.807, 2.05) is 24.3 Å². The van der Waals surface area contributed by atoms with E-state index < -0.39 is 0 Å². The van der Waals surface area contributed by atoms with Gasteiger partial charge in [0.1, 0.15) is 18.4 Å². The van der Waals surface area contributed by atoms with Gasteiger partial charge in [0, 0.05) is 18.5 Å². The lowest BCUT2D eigenvalue weighted by Gasteiger charge is -2.12. The number of rotatable bonds is 3. The molecule has 1 N–H and O–H groups in total. The molecule has 5 nitrogen and oxygen atoms in total. The second kappa shape index (κ2) is 5.63.